The zero-order valence-corrected chi connectivity index (χ0v) is 17.7. The Morgan fingerprint density at radius 2 is 1.78 bits per heavy atom. The summed E-state index contributed by atoms with van der Waals surface area (Å²) in [5, 5.41) is 0. The largest absolute Gasteiger partial charge is 0.467 e. The van der Waals surface area contributed by atoms with E-state index in [1.54, 1.807) is 32.9 Å². The van der Waals surface area contributed by atoms with E-state index in [9.17, 15) is 9.59 Å². The predicted molar refractivity (Wildman–Crippen MR) is 107 cm³/mol. The van der Waals surface area contributed by atoms with Crippen LogP contribution in [0.5, 0.6) is 0 Å². The lowest BCUT2D eigenvalue weighted by molar-refractivity contribution is -0.145. The summed E-state index contributed by atoms with van der Waals surface area (Å²) in [5.74, 6) is -0.477. The number of rotatable bonds is 4. The van der Waals surface area contributed by atoms with E-state index >= 15 is 0 Å². The summed E-state index contributed by atoms with van der Waals surface area (Å²) >= 11 is 1.19. The molecule has 0 saturated carbocycles. The van der Waals surface area contributed by atoms with E-state index in [0.29, 0.717) is 11.9 Å². The van der Waals surface area contributed by atoms with Crippen LogP contribution in [0.1, 0.15) is 41.0 Å². The topological polar surface area (TPSA) is 65.1 Å². The van der Waals surface area contributed by atoms with E-state index in [4.69, 9.17) is 21.5 Å². The van der Waals surface area contributed by atoms with Gasteiger partial charge in [-0.3, -0.25) is 4.90 Å². The van der Waals surface area contributed by atoms with Crippen molar-refractivity contribution < 1.29 is 23.2 Å². The summed E-state index contributed by atoms with van der Waals surface area (Å²) < 4.78 is 16.0. The second kappa shape index (κ2) is 10.6. The third kappa shape index (κ3) is 7.46. The highest BCUT2D eigenvalue weighted by Gasteiger charge is 2.43. The molecule has 1 aromatic rings. The van der Waals surface area contributed by atoms with Gasteiger partial charge in [-0.05, 0) is 32.9 Å². The molecule has 1 aliphatic rings. The van der Waals surface area contributed by atoms with E-state index in [2.05, 4.69) is 0 Å². The molecule has 1 heterocycles. The van der Waals surface area contributed by atoms with Gasteiger partial charge in [0.15, 0.2) is 0 Å². The Morgan fingerprint density at radius 1 is 1.19 bits per heavy atom. The molecule has 1 aliphatic heterocycles. The fraction of sp³-hybridized carbons (Fsp3) is 0.579. The van der Waals surface area contributed by atoms with Gasteiger partial charge in [-0.2, -0.15) is 0 Å². The van der Waals surface area contributed by atoms with Gasteiger partial charge < -0.3 is 13.7 Å². The molecule has 0 bridgehead atoms. The lowest BCUT2D eigenvalue weighted by Crippen LogP contribution is -2.43. The van der Waals surface area contributed by atoms with Crippen molar-refractivity contribution in [1.82, 2.24) is 4.90 Å². The molecule has 0 aliphatic carbocycles. The summed E-state index contributed by atoms with van der Waals surface area (Å²) in [5.41, 5.74) is 0.0298. The highest BCUT2D eigenvalue weighted by molar-refractivity contribution is 7.94. The monoisotopic (exact) mass is 393 g/mol. The van der Waals surface area contributed by atoms with Gasteiger partial charge in [0.05, 0.1) is 19.8 Å². The van der Waals surface area contributed by atoms with Crippen molar-refractivity contribution in [2.75, 3.05) is 13.7 Å². The van der Waals surface area contributed by atoms with Crippen LogP contribution in [0.2, 0.25) is 0 Å². The quantitative estimate of drug-likeness (QED) is 0.445. The van der Waals surface area contributed by atoms with Crippen molar-refractivity contribution >= 4 is 37.4 Å². The highest BCUT2D eigenvalue weighted by atomic mass is 32.2. The molecule has 0 N–H and O–H groups in total. The molecule has 1 amide bonds. The van der Waals surface area contributed by atoms with Gasteiger partial charge in [0.2, 0.25) is 0 Å². The fourth-order valence-electron chi connectivity index (χ4n) is 2.40. The SMILES string of the molecule is CC.[B]c1ccc(SOC2CC(C(=O)OC)N(C(=O)OC(C)(C)C)C2)cc1. The molecule has 1 fully saturated rings. The number of likely N-dealkylation sites (tertiary alicyclic amines) is 1. The Bertz CT molecular complexity index is 618. The number of hydrogen-bond donors (Lipinski definition) is 0. The minimum atomic E-state index is -0.711. The van der Waals surface area contributed by atoms with Crippen molar-refractivity contribution in [2.45, 2.75) is 63.7 Å². The summed E-state index contributed by atoms with van der Waals surface area (Å²) in [7, 11) is 6.95. The molecule has 2 rings (SSSR count). The van der Waals surface area contributed by atoms with Crippen LogP contribution in [0.4, 0.5) is 4.79 Å². The predicted octanol–water partition coefficient (Wildman–Crippen LogP) is 3.08. The van der Waals surface area contributed by atoms with Crippen LogP contribution in [0.3, 0.4) is 0 Å². The van der Waals surface area contributed by atoms with Gasteiger partial charge in [0.1, 0.15) is 19.5 Å². The Balaban J connectivity index is 0.00000176. The Morgan fingerprint density at radius 3 is 2.30 bits per heavy atom. The maximum atomic E-state index is 12.4. The smallest absolute Gasteiger partial charge is 0.411 e. The highest BCUT2D eigenvalue weighted by Crippen LogP contribution is 2.29. The number of methoxy groups -OCH3 is 1. The molecular weight excluding hydrogens is 365 g/mol. The van der Waals surface area contributed by atoms with E-state index < -0.39 is 23.7 Å². The van der Waals surface area contributed by atoms with Crippen LogP contribution < -0.4 is 5.46 Å². The molecule has 8 heteroatoms. The molecule has 2 radical (unpaired) electrons. The van der Waals surface area contributed by atoms with Gasteiger partial charge in [0, 0.05) is 23.4 Å². The zero-order chi connectivity index (χ0) is 20.6. The van der Waals surface area contributed by atoms with E-state index in [1.165, 1.54) is 24.1 Å². The average molecular weight is 393 g/mol. The molecule has 0 aromatic heterocycles. The third-order valence-corrected chi connectivity index (χ3v) is 4.36. The number of carbonyl (C=O) groups excluding carboxylic acids is 2. The van der Waals surface area contributed by atoms with Gasteiger partial charge in [-0.15, -0.1) is 0 Å². The number of ether oxygens (including phenoxy) is 2. The van der Waals surface area contributed by atoms with Crippen LogP contribution in [-0.2, 0) is 18.5 Å². The fourth-order valence-corrected chi connectivity index (χ4v) is 3.03. The lowest BCUT2D eigenvalue weighted by Gasteiger charge is -2.27. The first-order valence-corrected chi connectivity index (χ1v) is 9.70. The van der Waals surface area contributed by atoms with Crippen molar-refractivity contribution in [1.29, 1.82) is 0 Å². The van der Waals surface area contributed by atoms with Gasteiger partial charge in [-0.25, -0.2) is 9.59 Å². The summed E-state index contributed by atoms with van der Waals surface area (Å²) in [6.07, 6.45) is -0.501. The Hall–Kier alpha value is -1.67. The van der Waals surface area contributed by atoms with Crippen LogP contribution in [-0.4, -0.2) is 56.2 Å². The molecule has 2 atom stereocenters. The zero-order valence-electron chi connectivity index (χ0n) is 16.9. The van der Waals surface area contributed by atoms with Crippen molar-refractivity contribution in [3.63, 3.8) is 0 Å². The van der Waals surface area contributed by atoms with E-state index in [0.717, 1.165) is 4.90 Å². The molecule has 27 heavy (non-hydrogen) atoms. The van der Waals surface area contributed by atoms with E-state index in [-0.39, 0.29) is 12.6 Å². The van der Waals surface area contributed by atoms with Gasteiger partial charge in [-0.1, -0.05) is 31.4 Å². The summed E-state index contributed by atoms with van der Waals surface area (Å²) in [4.78, 5) is 26.6. The number of nitrogens with zero attached hydrogens (tertiary/aromatic N) is 1. The number of carbonyl (C=O) groups is 2. The molecule has 148 valence electrons. The number of benzene rings is 1. The lowest BCUT2D eigenvalue weighted by atomic mass is 9.97. The maximum Gasteiger partial charge on any atom is 0.411 e. The molecule has 1 saturated heterocycles. The first-order valence-electron chi connectivity index (χ1n) is 8.96. The standard InChI is InChI=1S/C17H22BNO5S.C2H6/c1-17(2,3)23-16(21)19-10-12(9-14(19)15(20)22-4)24-25-13-7-5-11(18)6-8-13;1-2/h5-8,12,14H,9-10H2,1-4H3;1-2H3. The minimum Gasteiger partial charge on any atom is -0.467 e. The van der Waals surface area contributed by atoms with Crippen molar-refractivity contribution in [3.8, 4) is 0 Å². The Kier molecular flexibility index (Phi) is 9.19. The van der Waals surface area contributed by atoms with Crippen molar-refractivity contribution in [3.05, 3.63) is 24.3 Å². The molecule has 0 spiro atoms. The maximum absolute atomic E-state index is 12.4. The van der Waals surface area contributed by atoms with Crippen LogP contribution in [0, 0.1) is 0 Å². The Labute approximate surface area is 167 Å². The number of hydrogen-bond acceptors (Lipinski definition) is 6. The second-order valence-electron chi connectivity index (χ2n) is 6.78. The van der Waals surface area contributed by atoms with Crippen molar-refractivity contribution in [2.24, 2.45) is 0 Å². The third-order valence-electron chi connectivity index (χ3n) is 3.52. The first kappa shape index (κ1) is 23.4. The van der Waals surface area contributed by atoms with Gasteiger partial charge >= 0.3 is 12.1 Å². The summed E-state index contributed by atoms with van der Waals surface area (Å²) in [6.45, 7) is 9.59. The number of amides is 1. The van der Waals surface area contributed by atoms with E-state index in [1.807, 2.05) is 26.0 Å². The minimum absolute atomic E-state index is 0.261. The first-order chi connectivity index (χ1) is 12.7. The van der Waals surface area contributed by atoms with Crippen LogP contribution >= 0.6 is 12.0 Å². The van der Waals surface area contributed by atoms with Gasteiger partial charge in [0.25, 0.3) is 0 Å². The van der Waals surface area contributed by atoms with Crippen LogP contribution in [0.15, 0.2) is 29.2 Å². The second-order valence-corrected chi connectivity index (χ2v) is 7.61. The normalized spacial score (nSPS) is 19.1. The average Bonchev–Trinajstić information content (AvgIpc) is 3.05. The van der Waals surface area contributed by atoms with Crippen LogP contribution in [0.25, 0.3) is 0 Å². The summed E-state index contributed by atoms with van der Waals surface area (Å²) in [6, 6.07) is 6.54. The molecular formula is C19H28BNO5S. The number of esters is 1. The molecule has 2 unspecified atom stereocenters. The molecule has 6 nitrogen and oxygen atoms in total. The molecule has 1 aromatic carbocycles.